The minimum atomic E-state index is -0.373. The summed E-state index contributed by atoms with van der Waals surface area (Å²) in [6, 6.07) is 3.79. The smallest absolute Gasteiger partial charge is 0.324 e. The Morgan fingerprint density at radius 3 is 2.94 bits per heavy atom. The number of rotatable bonds is 5. The van der Waals surface area contributed by atoms with Crippen molar-refractivity contribution in [3.8, 4) is 0 Å². The Kier molecular flexibility index (Phi) is 3.61. The van der Waals surface area contributed by atoms with Gasteiger partial charge in [0.25, 0.3) is 0 Å². The molecule has 2 aromatic heterocycles. The lowest BCUT2D eigenvalue weighted by Gasteiger charge is -2.04. The first-order valence-electron chi connectivity index (χ1n) is 5.57. The van der Waals surface area contributed by atoms with Crippen LogP contribution in [0, 0.1) is 10.1 Å². The first kappa shape index (κ1) is 12.6. The molecule has 0 saturated carbocycles. The zero-order valence-corrected chi connectivity index (χ0v) is 11.0. The standard InChI is InChI=1S/C11H14N4O2S/c1-8(2)14-4-3-10(13-14)12-6-9-5-11(15(16)17)18-7-9/h3-5,7-8H,6H2,1-2H3,(H,12,13). The van der Waals surface area contributed by atoms with E-state index >= 15 is 0 Å². The minimum Gasteiger partial charge on any atom is -0.364 e. The van der Waals surface area contributed by atoms with Crippen molar-refractivity contribution in [2.24, 2.45) is 0 Å². The molecule has 2 heterocycles. The average Bonchev–Trinajstić information content (AvgIpc) is 2.95. The second-order valence-electron chi connectivity index (χ2n) is 4.18. The van der Waals surface area contributed by atoms with Crippen molar-refractivity contribution in [1.29, 1.82) is 0 Å². The van der Waals surface area contributed by atoms with E-state index in [4.69, 9.17) is 0 Å². The molecule has 0 aliphatic carbocycles. The molecule has 0 saturated heterocycles. The van der Waals surface area contributed by atoms with Crippen molar-refractivity contribution in [3.63, 3.8) is 0 Å². The highest BCUT2D eigenvalue weighted by atomic mass is 32.1. The van der Waals surface area contributed by atoms with Gasteiger partial charge in [0.1, 0.15) is 5.82 Å². The first-order chi connectivity index (χ1) is 8.56. The van der Waals surface area contributed by atoms with Crippen molar-refractivity contribution in [3.05, 3.63) is 39.4 Å². The average molecular weight is 266 g/mol. The van der Waals surface area contributed by atoms with E-state index < -0.39 is 0 Å². The van der Waals surface area contributed by atoms with Crippen LogP contribution in [-0.4, -0.2) is 14.7 Å². The van der Waals surface area contributed by atoms with E-state index in [0.29, 0.717) is 12.6 Å². The summed E-state index contributed by atoms with van der Waals surface area (Å²) in [5.41, 5.74) is 0.894. The normalized spacial score (nSPS) is 10.8. The van der Waals surface area contributed by atoms with Crippen LogP contribution in [0.25, 0.3) is 0 Å². The number of nitrogens with one attached hydrogen (secondary N) is 1. The van der Waals surface area contributed by atoms with Crippen molar-refractivity contribution in [2.45, 2.75) is 26.4 Å². The Hall–Kier alpha value is -1.89. The van der Waals surface area contributed by atoms with Gasteiger partial charge in [0, 0.05) is 36.3 Å². The van der Waals surface area contributed by atoms with E-state index in [1.165, 1.54) is 0 Å². The summed E-state index contributed by atoms with van der Waals surface area (Å²) in [5.74, 6) is 0.776. The van der Waals surface area contributed by atoms with Crippen LogP contribution in [0.15, 0.2) is 23.7 Å². The molecule has 1 N–H and O–H groups in total. The van der Waals surface area contributed by atoms with E-state index in [1.807, 2.05) is 16.9 Å². The molecule has 0 atom stereocenters. The largest absolute Gasteiger partial charge is 0.364 e. The summed E-state index contributed by atoms with van der Waals surface area (Å²) in [6.07, 6.45) is 1.91. The van der Waals surface area contributed by atoms with Gasteiger partial charge in [-0.1, -0.05) is 11.3 Å². The molecule has 0 aromatic carbocycles. The molecule has 2 aromatic rings. The van der Waals surface area contributed by atoms with Gasteiger partial charge in [-0.2, -0.15) is 5.10 Å². The lowest BCUT2D eigenvalue weighted by molar-refractivity contribution is -0.380. The summed E-state index contributed by atoms with van der Waals surface area (Å²) >= 11 is 1.14. The molecule has 0 unspecified atom stereocenters. The Morgan fingerprint density at radius 1 is 1.61 bits per heavy atom. The minimum absolute atomic E-state index is 0.166. The van der Waals surface area contributed by atoms with Gasteiger partial charge in [-0.05, 0) is 19.4 Å². The van der Waals surface area contributed by atoms with E-state index in [9.17, 15) is 10.1 Å². The summed E-state index contributed by atoms with van der Waals surface area (Å²) < 4.78 is 1.86. The zero-order chi connectivity index (χ0) is 13.1. The maximum Gasteiger partial charge on any atom is 0.324 e. The van der Waals surface area contributed by atoms with Gasteiger partial charge in [0.2, 0.25) is 0 Å². The second kappa shape index (κ2) is 5.18. The molecule has 7 heteroatoms. The van der Waals surface area contributed by atoms with Crippen molar-refractivity contribution >= 4 is 22.2 Å². The van der Waals surface area contributed by atoms with Gasteiger partial charge >= 0.3 is 5.00 Å². The number of nitro groups is 1. The number of thiophene rings is 1. The fourth-order valence-corrected chi connectivity index (χ4v) is 2.19. The summed E-state index contributed by atoms with van der Waals surface area (Å²) in [7, 11) is 0. The third-order valence-electron chi connectivity index (χ3n) is 2.43. The molecule has 0 aliphatic heterocycles. The number of hydrogen-bond acceptors (Lipinski definition) is 5. The summed E-state index contributed by atoms with van der Waals surface area (Å²) in [5, 5.41) is 20.0. The lowest BCUT2D eigenvalue weighted by atomic mass is 10.3. The predicted molar refractivity (Wildman–Crippen MR) is 70.9 cm³/mol. The molecular formula is C11H14N4O2S. The van der Waals surface area contributed by atoms with Crippen LogP contribution in [-0.2, 0) is 6.54 Å². The van der Waals surface area contributed by atoms with Crippen LogP contribution in [0.3, 0.4) is 0 Å². The van der Waals surface area contributed by atoms with E-state index in [2.05, 4.69) is 24.3 Å². The van der Waals surface area contributed by atoms with Crippen molar-refractivity contribution in [1.82, 2.24) is 9.78 Å². The number of nitrogens with zero attached hydrogens (tertiary/aromatic N) is 3. The van der Waals surface area contributed by atoms with E-state index in [-0.39, 0.29) is 9.92 Å². The van der Waals surface area contributed by atoms with Crippen LogP contribution >= 0.6 is 11.3 Å². The molecule has 0 amide bonds. The molecule has 6 nitrogen and oxygen atoms in total. The highest BCUT2D eigenvalue weighted by Crippen LogP contribution is 2.23. The Morgan fingerprint density at radius 2 is 2.39 bits per heavy atom. The molecule has 2 rings (SSSR count). The molecule has 0 spiro atoms. The highest BCUT2D eigenvalue weighted by Gasteiger charge is 2.09. The molecule has 18 heavy (non-hydrogen) atoms. The Labute approximate surface area is 108 Å². The Balaban J connectivity index is 1.95. The Bertz CT molecular complexity index is 547. The van der Waals surface area contributed by atoms with Gasteiger partial charge in [-0.3, -0.25) is 14.8 Å². The van der Waals surface area contributed by atoms with Crippen LogP contribution < -0.4 is 5.32 Å². The SMILES string of the molecule is CC(C)n1ccc(NCc2csc([N+](=O)[O-])c2)n1. The number of hydrogen-bond donors (Lipinski definition) is 1. The van der Waals surface area contributed by atoms with Gasteiger partial charge in [-0.25, -0.2) is 0 Å². The molecule has 0 aliphatic rings. The van der Waals surface area contributed by atoms with Gasteiger partial charge in [-0.15, -0.1) is 0 Å². The lowest BCUT2D eigenvalue weighted by Crippen LogP contribution is -2.03. The van der Waals surface area contributed by atoms with Crippen LogP contribution in [0.2, 0.25) is 0 Å². The highest BCUT2D eigenvalue weighted by molar-refractivity contribution is 7.13. The maximum atomic E-state index is 10.5. The fourth-order valence-electron chi connectivity index (χ4n) is 1.46. The van der Waals surface area contributed by atoms with Crippen LogP contribution in [0.4, 0.5) is 10.8 Å². The molecular weight excluding hydrogens is 252 g/mol. The molecule has 0 bridgehead atoms. The third-order valence-corrected chi connectivity index (χ3v) is 3.36. The molecule has 0 fully saturated rings. The quantitative estimate of drug-likeness (QED) is 0.666. The topological polar surface area (TPSA) is 73.0 Å². The van der Waals surface area contributed by atoms with Crippen LogP contribution in [0.5, 0.6) is 0 Å². The number of aromatic nitrogens is 2. The molecule has 0 radical (unpaired) electrons. The van der Waals surface area contributed by atoms with Crippen molar-refractivity contribution < 1.29 is 4.92 Å². The van der Waals surface area contributed by atoms with Crippen molar-refractivity contribution in [2.75, 3.05) is 5.32 Å². The maximum absolute atomic E-state index is 10.5. The van der Waals surface area contributed by atoms with Gasteiger partial charge < -0.3 is 5.32 Å². The monoisotopic (exact) mass is 266 g/mol. The zero-order valence-electron chi connectivity index (χ0n) is 10.2. The van der Waals surface area contributed by atoms with Gasteiger partial charge in [0.05, 0.1) is 4.92 Å². The van der Waals surface area contributed by atoms with E-state index in [0.717, 1.165) is 22.7 Å². The van der Waals surface area contributed by atoms with E-state index in [1.54, 1.807) is 11.4 Å². The predicted octanol–water partition coefficient (Wildman–Crippen LogP) is 3.05. The second-order valence-corrected chi connectivity index (χ2v) is 5.07. The number of anilines is 1. The summed E-state index contributed by atoms with van der Waals surface area (Å²) in [4.78, 5) is 10.2. The fraction of sp³-hybridized carbons (Fsp3) is 0.364. The molecule has 96 valence electrons. The van der Waals surface area contributed by atoms with Crippen LogP contribution in [0.1, 0.15) is 25.5 Å². The first-order valence-corrected chi connectivity index (χ1v) is 6.45. The van der Waals surface area contributed by atoms with Gasteiger partial charge in [0.15, 0.2) is 0 Å². The third kappa shape index (κ3) is 2.86. The summed E-state index contributed by atoms with van der Waals surface area (Å²) in [6.45, 7) is 4.65.